The minimum absolute atomic E-state index is 0.00430. The van der Waals surface area contributed by atoms with Gasteiger partial charge in [-0.25, -0.2) is 36.1 Å². The van der Waals surface area contributed by atoms with E-state index in [1.165, 1.54) is 5.41 Å². The van der Waals surface area contributed by atoms with Crippen LogP contribution in [0.2, 0.25) is 0 Å². The van der Waals surface area contributed by atoms with E-state index in [1.807, 2.05) is 0 Å². The van der Waals surface area contributed by atoms with Gasteiger partial charge in [0.25, 0.3) is 0 Å². The van der Waals surface area contributed by atoms with E-state index in [0.717, 1.165) is 24.4 Å². The maximum atomic E-state index is 14.4. The second-order valence-electron chi connectivity index (χ2n) is 8.01. The van der Waals surface area contributed by atoms with Crippen LogP contribution in [0.3, 0.4) is 0 Å². The largest absolute Gasteiger partial charge is 0.341 e. The topological polar surface area (TPSA) is 156 Å². The number of hydrogen-bond donors (Lipinski definition) is 4. The van der Waals surface area contributed by atoms with Crippen LogP contribution in [0.5, 0.6) is 0 Å². The van der Waals surface area contributed by atoms with Crippen molar-refractivity contribution in [2.75, 3.05) is 10.6 Å². The molecule has 34 heavy (non-hydrogen) atoms. The third kappa shape index (κ3) is 7.18. The first-order chi connectivity index (χ1) is 16.0. The average molecular weight is 507 g/mol. The van der Waals surface area contributed by atoms with Crippen LogP contribution >= 0.6 is 0 Å². The van der Waals surface area contributed by atoms with Crippen molar-refractivity contribution in [1.82, 2.24) is 14.7 Å². The molecule has 13 heteroatoms. The highest BCUT2D eigenvalue weighted by Crippen LogP contribution is 2.25. The zero-order valence-electron chi connectivity index (χ0n) is 17.9. The third-order valence-corrected chi connectivity index (χ3v) is 6.74. The highest BCUT2D eigenvalue weighted by atomic mass is 32.2. The molecule has 0 amide bonds. The molecule has 0 aliphatic heterocycles. The number of hydrogen-bond acceptors (Lipinski definition) is 8. The van der Waals surface area contributed by atoms with Crippen LogP contribution in [0.15, 0.2) is 76.0 Å². The molecule has 0 radical (unpaired) electrons. The van der Waals surface area contributed by atoms with Crippen LogP contribution in [-0.4, -0.2) is 32.8 Å². The predicted octanol–water partition coefficient (Wildman–Crippen LogP) is 2.27. The predicted molar refractivity (Wildman–Crippen MR) is 127 cm³/mol. The second-order valence-corrected chi connectivity index (χ2v) is 11.0. The molecule has 1 fully saturated rings. The molecule has 4 rings (SSSR count). The number of sulfonamides is 2. The Morgan fingerprint density at radius 3 is 2.21 bits per heavy atom. The molecule has 1 saturated carbocycles. The molecule has 1 heterocycles. The Balaban J connectivity index is 1.44. The molecule has 3 aliphatic rings. The van der Waals surface area contributed by atoms with Gasteiger partial charge in [0.2, 0.25) is 26.0 Å². The number of nitrogens with zero attached hydrogens (tertiary/aromatic N) is 2. The maximum Gasteiger partial charge on any atom is 0.234 e. The number of allylic oxidation sites excluding steroid dienone is 8. The van der Waals surface area contributed by atoms with Gasteiger partial charge >= 0.3 is 0 Å². The number of halogens is 1. The van der Waals surface area contributed by atoms with E-state index < -0.39 is 25.9 Å². The Hall–Kier alpha value is -3.13. The van der Waals surface area contributed by atoms with Crippen LogP contribution in [0.4, 0.5) is 16.2 Å². The number of aromatic nitrogens is 2. The Bertz CT molecular complexity index is 1390. The molecule has 3 aliphatic carbocycles. The molecule has 0 spiro atoms. The van der Waals surface area contributed by atoms with Crippen molar-refractivity contribution in [1.29, 1.82) is 0 Å². The molecule has 0 aromatic carbocycles. The summed E-state index contributed by atoms with van der Waals surface area (Å²) in [5, 5.41) is 13.0. The van der Waals surface area contributed by atoms with Gasteiger partial charge in [0.1, 0.15) is 0 Å². The highest BCUT2D eigenvalue weighted by molar-refractivity contribution is 7.92. The average Bonchev–Trinajstić information content (AvgIpc) is 3.52. The summed E-state index contributed by atoms with van der Waals surface area (Å²) in [6.07, 6.45) is 13.2. The number of nitrogens with two attached hydrogens (primary N) is 1. The van der Waals surface area contributed by atoms with E-state index in [1.54, 1.807) is 36.5 Å². The van der Waals surface area contributed by atoms with Gasteiger partial charge in [-0.15, -0.1) is 0 Å². The molecule has 5 N–H and O–H groups in total. The summed E-state index contributed by atoms with van der Waals surface area (Å²) in [6, 6.07) is 0.00430. The number of rotatable bonds is 8. The number of nitrogens with one attached hydrogen (secondary N) is 3. The Kier molecular flexibility index (Phi) is 6.79. The van der Waals surface area contributed by atoms with Crippen molar-refractivity contribution in [2.24, 2.45) is 5.14 Å². The van der Waals surface area contributed by atoms with E-state index in [2.05, 4.69) is 25.3 Å². The van der Waals surface area contributed by atoms with Gasteiger partial charge < -0.3 is 10.6 Å². The highest BCUT2D eigenvalue weighted by Gasteiger charge is 2.26. The fourth-order valence-corrected chi connectivity index (χ4v) is 5.19. The first-order valence-corrected chi connectivity index (χ1v) is 13.5. The normalized spacial score (nSPS) is 20.9. The van der Waals surface area contributed by atoms with Gasteiger partial charge in [0.05, 0.1) is 6.20 Å². The summed E-state index contributed by atoms with van der Waals surface area (Å²) < 4.78 is 63.9. The lowest BCUT2D eigenvalue weighted by molar-refractivity contribution is 0.590. The molecule has 0 bridgehead atoms. The van der Waals surface area contributed by atoms with Gasteiger partial charge in [0, 0.05) is 41.1 Å². The van der Waals surface area contributed by atoms with Crippen LogP contribution in [0, 0.1) is 5.82 Å². The van der Waals surface area contributed by atoms with Crippen molar-refractivity contribution >= 4 is 31.8 Å². The standard InChI is InChI=1S/C21H23FN6O4S2/c22-19-11-24-21(26-18-6-1-3-14(9-18)12-33(23,29)30)27-20(19)25-17-5-2-4-15(10-17)13-34(31,32)28-16-7-8-16/h1-6,11-13,16,28H,7-10H2,(H2,23,29,30)(H2,24,25,26,27). The monoisotopic (exact) mass is 506 g/mol. The third-order valence-electron chi connectivity index (χ3n) is 4.83. The Labute approximate surface area is 197 Å². The lowest BCUT2D eigenvalue weighted by Gasteiger charge is -2.16. The summed E-state index contributed by atoms with van der Waals surface area (Å²) >= 11 is 0. The molecule has 0 unspecified atom stereocenters. The Morgan fingerprint density at radius 2 is 1.59 bits per heavy atom. The fourth-order valence-electron chi connectivity index (χ4n) is 3.27. The maximum absolute atomic E-state index is 14.4. The Morgan fingerprint density at radius 1 is 0.971 bits per heavy atom. The van der Waals surface area contributed by atoms with E-state index >= 15 is 0 Å². The van der Waals surface area contributed by atoms with E-state index in [-0.39, 0.29) is 30.6 Å². The molecule has 1 aromatic heterocycles. The molecule has 0 saturated heterocycles. The molecule has 0 atom stereocenters. The smallest absolute Gasteiger partial charge is 0.234 e. The first-order valence-electron chi connectivity index (χ1n) is 10.3. The minimum Gasteiger partial charge on any atom is -0.341 e. The number of anilines is 2. The van der Waals surface area contributed by atoms with E-state index in [9.17, 15) is 21.2 Å². The molecular formula is C21H23FN6O4S2. The zero-order chi connectivity index (χ0) is 24.3. The van der Waals surface area contributed by atoms with Crippen molar-refractivity contribution < 1.29 is 21.2 Å². The first kappa shape index (κ1) is 24.0. The van der Waals surface area contributed by atoms with Crippen LogP contribution < -0.4 is 20.5 Å². The second kappa shape index (κ2) is 9.62. The minimum atomic E-state index is -3.78. The molecule has 180 valence electrons. The molecule has 10 nitrogen and oxygen atoms in total. The lowest BCUT2D eigenvalue weighted by atomic mass is 10.1. The van der Waals surface area contributed by atoms with Gasteiger partial charge in [0.15, 0.2) is 11.6 Å². The summed E-state index contributed by atoms with van der Waals surface area (Å²) in [4.78, 5) is 8.08. The van der Waals surface area contributed by atoms with Gasteiger partial charge in [-0.3, -0.25) is 0 Å². The number of primary sulfonamides is 1. The van der Waals surface area contributed by atoms with Gasteiger partial charge in [-0.05, 0) is 36.1 Å². The lowest BCUT2D eigenvalue weighted by Crippen LogP contribution is -2.23. The zero-order valence-corrected chi connectivity index (χ0v) is 19.5. The quantitative estimate of drug-likeness (QED) is 0.418. The molecular weight excluding hydrogens is 483 g/mol. The van der Waals surface area contributed by atoms with Crippen LogP contribution in [-0.2, 0) is 20.0 Å². The van der Waals surface area contributed by atoms with Crippen molar-refractivity contribution in [2.45, 2.75) is 31.7 Å². The fraction of sp³-hybridized carbons (Fsp3) is 0.238. The summed E-state index contributed by atoms with van der Waals surface area (Å²) in [5.41, 5.74) is 2.15. The summed E-state index contributed by atoms with van der Waals surface area (Å²) in [5.74, 6) is -0.689. The van der Waals surface area contributed by atoms with Gasteiger partial charge in [-0.1, -0.05) is 24.3 Å². The van der Waals surface area contributed by atoms with Crippen molar-refractivity contribution in [3.8, 4) is 0 Å². The molecule has 1 aromatic rings. The summed E-state index contributed by atoms with van der Waals surface area (Å²) in [6.45, 7) is 0. The van der Waals surface area contributed by atoms with E-state index in [0.29, 0.717) is 22.5 Å². The van der Waals surface area contributed by atoms with Crippen LogP contribution in [0.1, 0.15) is 25.7 Å². The SMILES string of the molecule is NS(=O)(=O)C=C1C=CC=C(Nc2ncc(F)c(NC3=CC=CC(=CS(=O)(=O)NC4CC4)C3)n2)C1. The summed E-state index contributed by atoms with van der Waals surface area (Å²) in [7, 11) is -7.34. The van der Waals surface area contributed by atoms with Gasteiger partial charge in [-0.2, -0.15) is 4.98 Å². The van der Waals surface area contributed by atoms with Crippen LogP contribution in [0.25, 0.3) is 0 Å². The van der Waals surface area contributed by atoms with Crippen molar-refractivity contribution in [3.05, 3.63) is 81.8 Å². The van der Waals surface area contributed by atoms with Crippen molar-refractivity contribution in [3.63, 3.8) is 0 Å². The van der Waals surface area contributed by atoms with E-state index in [4.69, 9.17) is 5.14 Å².